The summed E-state index contributed by atoms with van der Waals surface area (Å²) in [5, 5.41) is 32.5. The fourth-order valence-corrected chi connectivity index (χ4v) is 7.88. The Morgan fingerprint density at radius 1 is 0.390 bits per heavy atom. The first-order valence-electron chi connectivity index (χ1n) is 20.5. The number of hydrogen-bond acceptors (Lipinski definition) is 6. The molecule has 308 valence electrons. The van der Waals surface area contributed by atoms with Gasteiger partial charge < -0.3 is 24.9 Å². The number of ether oxygens (including phenoxy) is 1. The van der Waals surface area contributed by atoms with Gasteiger partial charge in [0.1, 0.15) is 11.2 Å². The minimum atomic E-state index is -1.65. The molecule has 6 aromatic rings. The van der Waals surface area contributed by atoms with E-state index in [0.717, 1.165) is 33.4 Å². The molecule has 6 rings (SSSR count). The zero-order chi connectivity index (χ0) is 42.5. The van der Waals surface area contributed by atoms with Crippen LogP contribution >= 0.6 is 0 Å². The minimum Gasteiger partial charge on any atom is -0.460 e. The molecule has 0 aliphatic heterocycles. The Kier molecular flexibility index (Phi) is 12.9. The van der Waals surface area contributed by atoms with Gasteiger partial charge in [-0.25, -0.2) is 0 Å². The summed E-state index contributed by atoms with van der Waals surface area (Å²) in [6.07, 6.45) is -1.45. The molecule has 0 aliphatic carbocycles. The van der Waals surface area contributed by atoms with Gasteiger partial charge >= 0.3 is 0 Å². The molecular weight excluding hydrogens is 733 g/mol. The number of hydrogen-bond donors (Lipinski definition) is 3. The van der Waals surface area contributed by atoms with Crippen LogP contribution < -0.4 is 9.62 Å². The first kappa shape index (κ1) is 43.3. The van der Waals surface area contributed by atoms with E-state index in [4.69, 9.17) is 14.5 Å². The second kappa shape index (κ2) is 17.5. The summed E-state index contributed by atoms with van der Waals surface area (Å²) in [4.78, 5) is 12.6. The summed E-state index contributed by atoms with van der Waals surface area (Å²) in [5.41, 5.74) is 4.92. The Labute approximate surface area is 351 Å². The maximum absolute atomic E-state index is 10.8. The number of rotatable bonds is 17. The third-order valence-electron chi connectivity index (χ3n) is 12.6. The smallest absolute Gasteiger partial charge is 0.254 e. The Bertz CT molecular complexity index is 2250. The molecule has 1 unspecified atom stereocenters. The van der Waals surface area contributed by atoms with Crippen molar-refractivity contribution in [2.24, 2.45) is 5.41 Å². The van der Waals surface area contributed by atoms with Gasteiger partial charge in [0.25, 0.3) is 6.29 Å². The molecule has 0 bridgehead atoms. The van der Waals surface area contributed by atoms with Gasteiger partial charge in [0.15, 0.2) is 5.75 Å². The predicted molar refractivity (Wildman–Crippen MR) is 237 cm³/mol. The van der Waals surface area contributed by atoms with Crippen molar-refractivity contribution in [3.8, 4) is 11.5 Å². The lowest BCUT2D eigenvalue weighted by Gasteiger charge is -2.37. The first-order chi connectivity index (χ1) is 28.1. The standard InChI is InChI=1S/C53H60O6/c1-49(2,38-21-13-9-14-22-38)42-29-31-46(44(33-42)51(5,6)40-25-17-11-18-26-40)57-48(53(35-54,36-55)37-56)59-58-47-32-30-43(50(3,4)39-23-15-10-16-24-39)34-45(47)52(7,8)41-27-19-12-20-28-41/h9-34,48,54-56H,35-37H2,1-8H3. The molecular formula is C53H60O6. The summed E-state index contributed by atoms with van der Waals surface area (Å²) >= 11 is 0. The van der Waals surface area contributed by atoms with Gasteiger partial charge in [0, 0.05) is 32.8 Å². The SMILES string of the molecule is CC(C)(c1ccccc1)c1ccc(OOC(Oc2ccc(C(C)(C)c3ccccc3)cc2C(C)(C)c2ccccc2)C(CO)(CO)CO)c(C(C)(C)c2ccccc2)c1. The van der Waals surface area contributed by atoms with Crippen LogP contribution in [-0.4, -0.2) is 41.4 Å². The number of benzene rings is 6. The van der Waals surface area contributed by atoms with E-state index in [0.29, 0.717) is 11.5 Å². The molecule has 0 fully saturated rings. The van der Waals surface area contributed by atoms with Crippen molar-refractivity contribution in [2.45, 2.75) is 83.3 Å². The van der Waals surface area contributed by atoms with Crippen LogP contribution in [0.25, 0.3) is 0 Å². The van der Waals surface area contributed by atoms with Crippen molar-refractivity contribution in [1.82, 2.24) is 0 Å². The van der Waals surface area contributed by atoms with Crippen LogP contribution in [0.2, 0.25) is 0 Å². The molecule has 59 heavy (non-hydrogen) atoms. The van der Waals surface area contributed by atoms with Crippen molar-refractivity contribution < 1.29 is 29.8 Å². The average molecular weight is 793 g/mol. The predicted octanol–water partition coefficient (Wildman–Crippen LogP) is 10.7. The maximum atomic E-state index is 10.8. The van der Waals surface area contributed by atoms with Crippen LogP contribution in [0.5, 0.6) is 11.5 Å². The van der Waals surface area contributed by atoms with Crippen molar-refractivity contribution >= 4 is 0 Å². The van der Waals surface area contributed by atoms with Crippen LogP contribution in [0.15, 0.2) is 158 Å². The summed E-state index contributed by atoms with van der Waals surface area (Å²) in [6, 6.07) is 53.5. The third-order valence-corrected chi connectivity index (χ3v) is 12.6. The van der Waals surface area contributed by atoms with Crippen LogP contribution in [0.1, 0.15) is 99.9 Å². The molecule has 0 saturated heterocycles. The molecule has 6 aromatic carbocycles. The molecule has 0 amide bonds. The zero-order valence-corrected chi connectivity index (χ0v) is 35.8. The largest absolute Gasteiger partial charge is 0.460 e. The van der Waals surface area contributed by atoms with Crippen molar-refractivity contribution in [3.63, 3.8) is 0 Å². The monoisotopic (exact) mass is 792 g/mol. The zero-order valence-electron chi connectivity index (χ0n) is 35.8. The fraction of sp³-hybridized carbons (Fsp3) is 0.321. The van der Waals surface area contributed by atoms with E-state index in [1.165, 1.54) is 11.1 Å². The average Bonchev–Trinajstić information content (AvgIpc) is 3.27. The quantitative estimate of drug-likeness (QED) is 0.0484. The van der Waals surface area contributed by atoms with Crippen LogP contribution in [0.3, 0.4) is 0 Å². The summed E-state index contributed by atoms with van der Waals surface area (Å²) in [5.74, 6) is 0.900. The fourth-order valence-electron chi connectivity index (χ4n) is 7.88. The van der Waals surface area contributed by atoms with Gasteiger partial charge in [0.2, 0.25) is 0 Å². The lowest BCUT2D eigenvalue weighted by atomic mass is 9.73. The van der Waals surface area contributed by atoms with E-state index in [2.05, 4.69) is 128 Å². The maximum Gasteiger partial charge on any atom is 0.254 e. The van der Waals surface area contributed by atoms with E-state index in [1.54, 1.807) is 0 Å². The second-order valence-electron chi connectivity index (χ2n) is 17.9. The highest BCUT2D eigenvalue weighted by molar-refractivity contribution is 5.53. The van der Waals surface area contributed by atoms with Gasteiger partial charge in [-0.15, -0.1) is 4.89 Å². The van der Waals surface area contributed by atoms with Crippen LogP contribution in [0.4, 0.5) is 0 Å². The van der Waals surface area contributed by atoms with E-state index in [9.17, 15) is 15.3 Å². The lowest BCUT2D eigenvalue weighted by Crippen LogP contribution is -2.50. The Hall–Kier alpha value is -5.24. The van der Waals surface area contributed by atoms with Crippen LogP contribution in [-0.2, 0) is 26.5 Å². The molecule has 0 radical (unpaired) electrons. The van der Waals surface area contributed by atoms with Crippen LogP contribution in [0, 0.1) is 5.41 Å². The van der Waals surface area contributed by atoms with E-state index < -0.39 is 42.4 Å². The first-order valence-corrected chi connectivity index (χ1v) is 20.5. The Morgan fingerprint density at radius 2 is 0.712 bits per heavy atom. The summed E-state index contributed by atoms with van der Waals surface area (Å²) in [7, 11) is 0. The van der Waals surface area contributed by atoms with E-state index in [-0.39, 0.29) is 10.8 Å². The molecule has 6 heteroatoms. The van der Waals surface area contributed by atoms with E-state index in [1.807, 2.05) is 84.9 Å². The molecule has 0 heterocycles. The highest BCUT2D eigenvalue weighted by atomic mass is 17.2. The summed E-state index contributed by atoms with van der Waals surface area (Å²) in [6.45, 7) is 15.5. The molecule has 0 aliphatic rings. The summed E-state index contributed by atoms with van der Waals surface area (Å²) < 4.78 is 6.81. The molecule has 3 N–H and O–H groups in total. The minimum absolute atomic E-state index is 0.336. The Morgan fingerprint density at radius 3 is 1.07 bits per heavy atom. The molecule has 0 saturated carbocycles. The van der Waals surface area contributed by atoms with Gasteiger partial charge in [-0.1, -0.05) is 201 Å². The van der Waals surface area contributed by atoms with Gasteiger partial charge in [-0.3, -0.25) is 0 Å². The number of aliphatic hydroxyl groups excluding tert-OH is 3. The molecule has 0 aromatic heterocycles. The number of aliphatic hydroxyl groups is 3. The molecule has 6 nitrogen and oxygen atoms in total. The lowest BCUT2D eigenvalue weighted by molar-refractivity contribution is -0.340. The van der Waals surface area contributed by atoms with Gasteiger partial charge in [-0.2, -0.15) is 0 Å². The third kappa shape index (κ3) is 8.73. The Balaban J connectivity index is 1.45. The van der Waals surface area contributed by atoms with Crippen molar-refractivity contribution in [3.05, 3.63) is 202 Å². The van der Waals surface area contributed by atoms with Gasteiger partial charge in [0.05, 0.1) is 19.8 Å². The second-order valence-corrected chi connectivity index (χ2v) is 17.9. The van der Waals surface area contributed by atoms with E-state index >= 15 is 0 Å². The van der Waals surface area contributed by atoms with Gasteiger partial charge in [-0.05, 0) is 45.5 Å². The highest BCUT2D eigenvalue weighted by Gasteiger charge is 2.44. The molecule has 1 atom stereocenters. The molecule has 0 spiro atoms. The van der Waals surface area contributed by atoms with Crippen molar-refractivity contribution in [2.75, 3.05) is 19.8 Å². The van der Waals surface area contributed by atoms with Crippen molar-refractivity contribution in [1.29, 1.82) is 0 Å². The normalized spacial score (nSPS) is 13.2. The topological polar surface area (TPSA) is 88.4 Å². The highest BCUT2D eigenvalue weighted by Crippen LogP contribution is 2.45.